The Morgan fingerprint density at radius 3 is 0.990 bits per heavy atom. The van der Waals surface area contributed by atoms with Crippen LogP contribution in [-0.2, 0) is 0 Å². The summed E-state index contributed by atoms with van der Waals surface area (Å²) in [5.74, 6) is 23.4. The van der Waals surface area contributed by atoms with E-state index in [0.717, 1.165) is 197 Å². The minimum atomic E-state index is 0.442. The molecule has 0 aromatic rings. The van der Waals surface area contributed by atoms with Gasteiger partial charge in [0.25, 0.3) is 0 Å². The lowest BCUT2D eigenvalue weighted by atomic mass is 9.18. The molecule has 3 nitrogen and oxygen atoms in total. The first-order valence-electron chi connectivity index (χ1n) is 48.1. The van der Waals surface area contributed by atoms with Gasteiger partial charge in [-0.05, 0) is 320 Å². The minimum Gasteiger partial charge on any atom is -0.295 e. The summed E-state index contributed by atoms with van der Waals surface area (Å²) in [6.45, 7) is 17.2. The van der Waals surface area contributed by atoms with Crippen LogP contribution in [0.15, 0.2) is 0 Å². The lowest BCUT2D eigenvalue weighted by Gasteiger charge is -2.71. The fourth-order valence-electron chi connectivity index (χ4n) is 34.7. The zero-order valence-corrected chi connectivity index (χ0v) is 67.0. The zero-order valence-electron chi connectivity index (χ0n) is 67.0. The van der Waals surface area contributed by atoms with E-state index >= 15 is 0 Å². The molecular weight excluding hydrogens is 1210 g/mol. The highest BCUT2D eigenvalue weighted by Gasteiger charge is 2.68. The minimum absolute atomic E-state index is 0.442. The molecule has 18 fully saturated rings. The van der Waals surface area contributed by atoms with E-state index in [-0.39, 0.29) is 0 Å². The molecule has 0 aromatic carbocycles. The number of hydrogen-bond donors (Lipinski definition) is 0. The summed E-state index contributed by atoms with van der Waals surface area (Å²) < 4.78 is 0. The van der Waals surface area contributed by atoms with Crippen molar-refractivity contribution in [3.8, 4) is 0 Å². The van der Waals surface area contributed by atoms with Crippen molar-refractivity contribution in [2.45, 2.75) is 473 Å². The molecule has 18 aliphatic rings. The Hall–Kier alpha value is -0.0551. The number of nitrogens with zero attached hydrogens (tertiary/aromatic N) is 3. The molecule has 2 heterocycles. The van der Waals surface area contributed by atoms with Gasteiger partial charge < -0.3 is 0 Å². The summed E-state index contributed by atoms with van der Waals surface area (Å²) in [4.78, 5) is 11.3. The Morgan fingerprint density at radius 1 is 0.240 bits per heavy atom. The third-order valence-electron chi connectivity index (χ3n) is 39.3. The van der Waals surface area contributed by atoms with Crippen molar-refractivity contribution in [3.63, 3.8) is 0 Å². The van der Waals surface area contributed by atoms with Crippen molar-refractivity contribution in [2.24, 2.45) is 129 Å². The Morgan fingerprint density at radius 2 is 0.570 bits per heavy atom. The number of fused-ring (bicyclic) bond motifs is 4. The molecule has 4 heteroatoms. The molecule has 19 unspecified atom stereocenters. The van der Waals surface area contributed by atoms with Crippen molar-refractivity contribution in [3.05, 3.63) is 0 Å². The molecule has 16 aliphatic carbocycles. The van der Waals surface area contributed by atoms with Gasteiger partial charge in [-0.2, -0.15) is 0 Å². The molecule has 18 rings (SSSR count). The van der Waals surface area contributed by atoms with Gasteiger partial charge in [0.15, 0.2) is 6.71 Å². The lowest BCUT2D eigenvalue weighted by molar-refractivity contribution is -0.155. The van der Waals surface area contributed by atoms with E-state index in [1.165, 1.54) is 57.8 Å². The normalized spacial score (nSPS) is 48.1. The van der Waals surface area contributed by atoms with Gasteiger partial charge in [-0.1, -0.05) is 228 Å². The summed E-state index contributed by atoms with van der Waals surface area (Å²) in [5.41, 5.74) is 0.897. The zero-order chi connectivity index (χ0) is 67.4. The summed E-state index contributed by atoms with van der Waals surface area (Å²) in [6.07, 6.45) is 88.1. The maximum absolute atomic E-state index is 3.83. The molecule has 0 radical (unpaired) electrons. The standard InChI is InChI=1S/C96H162BN3/c1-95(2,3)77-54-74-32-33-75-55-78(96(4,5)6)60-85-84(57-76(56-77)92(74)93(75)85)73-43-53-87-89(59-73)100(82-50-40-71(41-51-82)66-28-18-10-19-29-66)91-62-83(98(79-44-34-68(35-45-79)63-22-12-7-13-23-63)80-46-36-69(37-47-80)64-24-14-8-15-25-64)61-90-94(91)97(87)86-52-42-72(67-30-20-11-21-31-67)58-88(86)99(90)81-48-38-70(39-49-81)65-26-16-9-17-27-65/h63-94H,7-62H2,1-6H3. The average Bonchev–Trinajstić information content (AvgIpc) is 0.695. The second-order valence-corrected chi connectivity index (χ2v) is 45.3. The molecule has 0 aromatic heterocycles. The van der Waals surface area contributed by atoms with Gasteiger partial charge in [0.05, 0.1) is 0 Å². The van der Waals surface area contributed by atoms with E-state index < -0.39 is 0 Å². The van der Waals surface area contributed by atoms with Crippen LogP contribution in [0.4, 0.5) is 0 Å². The Bertz CT molecular complexity index is 2530. The van der Waals surface area contributed by atoms with Crippen LogP contribution in [0.5, 0.6) is 0 Å². The quantitative estimate of drug-likeness (QED) is 0.191. The van der Waals surface area contributed by atoms with Gasteiger partial charge in [-0.15, -0.1) is 0 Å². The number of hydrogen-bond acceptors (Lipinski definition) is 3. The number of rotatable bonds is 11. The van der Waals surface area contributed by atoms with Gasteiger partial charge in [0, 0.05) is 54.4 Å². The maximum atomic E-state index is 3.83. The predicted octanol–water partition coefficient (Wildman–Crippen LogP) is 26.3. The van der Waals surface area contributed by atoms with Crippen molar-refractivity contribution in [2.75, 3.05) is 0 Å². The lowest BCUT2D eigenvalue weighted by Crippen LogP contribution is -2.76. The third kappa shape index (κ3) is 14.2. The molecule has 16 saturated carbocycles. The molecule has 0 spiro atoms. The van der Waals surface area contributed by atoms with E-state index in [4.69, 9.17) is 0 Å². The molecule has 19 atom stereocenters. The van der Waals surface area contributed by atoms with Crippen molar-refractivity contribution in [1.82, 2.24) is 14.7 Å². The largest absolute Gasteiger partial charge is 0.295 e. The molecule has 564 valence electrons. The van der Waals surface area contributed by atoms with Crippen LogP contribution in [0.25, 0.3) is 0 Å². The van der Waals surface area contributed by atoms with Crippen LogP contribution >= 0.6 is 0 Å². The van der Waals surface area contributed by atoms with E-state index in [2.05, 4.69) is 56.2 Å². The van der Waals surface area contributed by atoms with Crippen molar-refractivity contribution >= 4 is 6.71 Å². The molecule has 2 saturated heterocycles. The van der Waals surface area contributed by atoms with E-state index in [1.807, 2.05) is 0 Å². The van der Waals surface area contributed by atoms with Crippen LogP contribution in [0, 0.1) is 129 Å². The van der Waals surface area contributed by atoms with Gasteiger partial charge in [-0.25, -0.2) is 0 Å². The monoisotopic (exact) mass is 1370 g/mol. The molecule has 0 amide bonds. The molecular formula is C96H162BN3. The fourth-order valence-corrected chi connectivity index (χ4v) is 34.7. The summed E-state index contributed by atoms with van der Waals surface area (Å²) >= 11 is 0. The topological polar surface area (TPSA) is 9.72 Å². The molecule has 100 heavy (non-hydrogen) atoms. The first-order valence-corrected chi connectivity index (χ1v) is 48.1. The predicted molar refractivity (Wildman–Crippen MR) is 424 cm³/mol. The van der Waals surface area contributed by atoms with Gasteiger partial charge in [-0.3, -0.25) is 14.7 Å². The van der Waals surface area contributed by atoms with Crippen LogP contribution in [0.2, 0.25) is 17.5 Å². The Balaban J connectivity index is 0.745. The van der Waals surface area contributed by atoms with Crippen molar-refractivity contribution < 1.29 is 0 Å². The summed E-state index contributed by atoms with van der Waals surface area (Å²) in [6, 6.07) is 7.64. The van der Waals surface area contributed by atoms with Crippen molar-refractivity contribution in [1.29, 1.82) is 0 Å². The van der Waals surface area contributed by atoms with E-state index in [9.17, 15) is 0 Å². The first kappa shape index (κ1) is 71.5. The van der Waals surface area contributed by atoms with Crippen LogP contribution in [-0.4, -0.2) is 75.8 Å². The Kier molecular flexibility index (Phi) is 21.9. The summed E-state index contributed by atoms with van der Waals surface area (Å²) in [7, 11) is 0. The van der Waals surface area contributed by atoms with Crippen LogP contribution < -0.4 is 0 Å². The molecule has 0 N–H and O–H groups in total. The van der Waals surface area contributed by atoms with E-state index in [1.54, 1.807) is 302 Å². The van der Waals surface area contributed by atoms with E-state index in [0.29, 0.717) is 10.8 Å². The van der Waals surface area contributed by atoms with Gasteiger partial charge >= 0.3 is 0 Å². The van der Waals surface area contributed by atoms with Gasteiger partial charge in [0.1, 0.15) is 0 Å². The molecule has 2 aliphatic heterocycles. The maximum Gasteiger partial charge on any atom is 0.156 e. The van der Waals surface area contributed by atoms with Crippen LogP contribution in [0.1, 0.15) is 401 Å². The first-order chi connectivity index (χ1) is 48.8. The highest BCUT2D eigenvalue weighted by molar-refractivity contribution is 6.65. The van der Waals surface area contributed by atoms with Gasteiger partial charge in [0.2, 0.25) is 0 Å². The molecule has 0 bridgehead atoms. The smallest absolute Gasteiger partial charge is 0.156 e. The fraction of sp³-hybridized carbons (Fsp3) is 1.00. The average molecular weight is 1370 g/mol. The summed E-state index contributed by atoms with van der Waals surface area (Å²) in [5, 5.41) is 0. The van der Waals surface area contributed by atoms with Crippen LogP contribution in [0.3, 0.4) is 0 Å². The second kappa shape index (κ2) is 30.7. The highest BCUT2D eigenvalue weighted by Crippen LogP contribution is 2.70. The second-order valence-electron chi connectivity index (χ2n) is 45.3. The SMILES string of the molecule is CC(C)(C)C1CC2CCC3CC(C(C)(C)C)CC4C(C5CCC6B7C8CCC(C9CCCCC9)CC8N(C8CCC(C9CCCCC9)CC8)C8CC(N(C9CCC(C%10CCCCC%10)CC9)C9CCC(C%10CCCCC%10)CC9)CC(C78)N(C7CCC(C8CCCCC8)CC7)C6C5)CC(C1)C2C34. The highest BCUT2D eigenvalue weighted by atomic mass is 15.3. The Labute approximate surface area is 619 Å². The third-order valence-corrected chi connectivity index (χ3v) is 39.3.